The van der Waals surface area contributed by atoms with Crippen LogP contribution in [0.3, 0.4) is 0 Å². The van der Waals surface area contributed by atoms with E-state index in [2.05, 4.69) is 22.4 Å². The molecule has 3 rings (SSSR count). The summed E-state index contributed by atoms with van der Waals surface area (Å²) in [6.45, 7) is 3.74. The Morgan fingerprint density at radius 1 is 1.14 bits per heavy atom. The van der Waals surface area contributed by atoms with Crippen molar-refractivity contribution in [2.24, 2.45) is 0 Å². The lowest BCUT2D eigenvalue weighted by Gasteiger charge is -2.09. The average Bonchev–Trinajstić information content (AvgIpc) is 3.25. The van der Waals surface area contributed by atoms with Crippen molar-refractivity contribution in [2.45, 2.75) is 20.0 Å². The molecule has 0 aliphatic heterocycles. The van der Waals surface area contributed by atoms with Crippen LogP contribution in [0.1, 0.15) is 23.6 Å². The lowest BCUT2D eigenvalue weighted by Crippen LogP contribution is -2.20. The first-order chi connectivity index (χ1) is 14.2. The van der Waals surface area contributed by atoms with Crippen LogP contribution in [-0.2, 0) is 17.9 Å². The molecule has 150 valence electrons. The molecule has 3 aromatic rings. The quantitative estimate of drug-likeness (QED) is 0.565. The van der Waals surface area contributed by atoms with E-state index in [0.717, 1.165) is 17.7 Å². The van der Waals surface area contributed by atoms with Crippen LogP contribution in [0.2, 0.25) is 0 Å². The second-order valence-electron chi connectivity index (χ2n) is 6.45. The maximum absolute atomic E-state index is 12.1. The summed E-state index contributed by atoms with van der Waals surface area (Å²) in [5.74, 6) is 1.18. The van der Waals surface area contributed by atoms with Crippen LogP contribution >= 0.6 is 0 Å². The second-order valence-corrected chi connectivity index (χ2v) is 6.45. The van der Waals surface area contributed by atoms with Crippen molar-refractivity contribution in [3.63, 3.8) is 0 Å². The lowest BCUT2D eigenvalue weighted by molar-refractivity contribution is -0.116. The largest absolute Gasteiger partial charge is 0.493 e. The van der Waals surface area contributed by atoms with Crippen LogP contribution in [0.25, 0.3) is 6.08 Å². The van der Waals surface area contributed by atoms with Gasteiger partial charge in [-0.05, 0) is 41.8 Å². The molecule has 0 aliphatic carbocycles. The molecule has 1 amide bonds. The summed E-state index contributed by atoms with van der Waals surface area (Å²) in [5, 5.41) is 2.90. The first-order valence-corrected chi connectivity index (χ1v) is 9.48. The lowest BCUT2D eigenvalue weighted by atomic mass is 10.1. The number of imidazole rings is 1. The molecule has 0 bridgehead atoms. The highest BCUT2D eigenvalue weighted by molar-refractivity contribution is 5.91. The number of aromatic nitrogens is 2. The molecule has 0 fully saturated rings. The van der Waals surface area contributed by atoms with E-state index in [1.54, 1.807) is 25.7 Å². The van der Waals surface area contributed by atoms with Gasteiger partial charge in [0.15, 0.2) is 11.5 Å². The van der Waals surface area contributed by atoms with Gasteiger partial charge in [0, 0.05) is 31.6 Å². The summed E-state index contributed by atoms with van der Waals surface area (Å²) in [4.78, 5) is 16.2. The number of hydrogen-bond acceptors (Lipinski definition) is 4. The van der Waals surface area contributed by atoms with E-state index in [0.29, 0.717) is 24.7 Å². The minimum atomic E-state index is -0.152. The van der Waals surface area contributed by atoms with E-state index < -0.39 is 0 Å². The van der Waals surface area contributed by atoms with Gasteiger partial charge in [-0.3, -0.25) is 4.79 Å². The van der Waals surface area contributed by atoms with Crippen molar-refractivity contribution < 1.29 is 14.3 Å². The topological polar surface area (TPSA) is 65.4 Å². The van der Waals surface area contributed by atoms with Gasteiger partial charge in [-0.25, -0.2) is 4.98 Å². The van der Waals surface area contributed by atoms with Gasteiger partial charge in [0.1, 0.15) is 0 Å². The number of ether oxygens (including phenoxy) is 2. The molecular formula is C23H25N3O3. The monoisotopic (exact) mass is 391 g/mol. The smallest absolute Gasteiger partial charge is 0.244 e. The highest BCUT2D eigenvalue weighted by Crippen LogP contribution is 2.28. The van der Waals surface area contributed by atoms with Gasteiger partial charge < -0.3 is 19.4 Å². The van der Waals surface area contributed by atoms with Crippen LogP contribution in [0.15, 0.2) is 67.3 Å². The van der Waals surface area contributed by atoms with Crippen LogP contribution in [-0.4, -0.2) is 29.2 Å². The summed E-state index contributed by atoms with van der Waals surface area (Å²) < 4.78 is 12.8. The Hall–Kier alpha value is -3.54. The Bertz CT molecular complexity index is 948. The second kappa shape index (κ2) is 10.1. The Balaban J connectivity index is 1.51. The van der Waals surface area contributed by atoms with E-state index in [4.69, 9.17) is 9.47 Å². The van der Waals surface area contributed by atoms with Crippen LogP contribution in [0.4, 0.5) is 0 Å². The van der Waals surface area contributed by atoms with Gasteiger partial charge in [-0.1, -0.05) is 30.3 Å². The van der Waals surface area contributed by atoms with E-state index in [1.807, 2.05) is 48.0 Å². The van der Waals surface area contributed by atoms with Crippen LogP contribution < -0.4 is 14.8 Å². The van der Waals surface area contributed by atoms with E-state index in [-0.39, 0.29) is 5.91 Å². The Labute approximate surface area is 170 Å². The molecule has 29 heavy (non-hydrogen) atoms. The number of nitrogens with one attached hydrogen (secondary N) is 1. The first-order valence-electron chi connectivity index (χ1n) is 9.48. The summed E-state index contributed by atoms with van der Waals surface area (Å²) in [5.41, 5.74) is 3.09. The first kappa shape index (κ1) is 20.2. The third kappa shape index (κ3) is 5.97. The number of nitrogens with zero attached hydrogens (tertiary/aromatic N) is 2. The number of methoxy groups -OCH3 is 1. The Kier molecular flexibility index (Phi) is 7.05. The highest BCUT2D eigenvalue weighted by Gasteiger charge is 2.04. The molecule has 0 saturated carbocycles. The predicted molar refractivity (Wildman–Crippen MR) is 113 cm³/mol. The molecule has 0 atom stereocenters. The highest BCUT2D eigenvalue weighted by atomic mass is 16.5. The van der Waals surface area contributed by atoms with Gasteiger partial charge in [-0.2, -0.15) is 0 Å². The zero-order valence-corrected chi connectivity index (χ0v) is 16.7. The minimum Gasteiger partial charge on any atom is -0.493 e. The molecule has 1 heterocycles. The average molecular weight is 391 g/mol. The van der Waals surface area contributed by atoms with Crippen molar-refractivity contribution in [1.82, 2.24) is 14.9 Å². The summed E-state index contributed by atoms with van der Waals surface area (Å²) in [6.07, 6.45) is 8.76. The standard InChI is InChI=1S/C23H25N3O3/c1-3-29-21-10-8-18(14-22(21)28-2)9-11-23(27)25-15-19-4-6-20(7-5-19)16-26-13-12-24-17-26/h4-14,17H,3,15-16H2,1-2H3,(H,25,27)/b11-9+. The van der Waals surface area contributed by atoms with Crippen LogP contribution in [0, 0.1) is 0 Å². The fourth-order valence-corrected chi connectivity index (χ4v) is 2.84. The summed E-state index contributed by atoms with van der Waals surface area (Å²) in [6, 6.07) is 13.7. The number of rotatable bonds is 9. The number of hydrogen-bond donors (Lipinski definition) is 1. The van der Waals surface area contributed by atoms with Crippen molar-refractivity contribution in [3.05, 3.63) is 84.0 Å². The van der Waals surface area contributed by atoms with Gasteiger partial charge in [-0.15, -0.1) is 0 Å². The van der Waals surface area contributed by atoms with Gasteiger partial charge in [0.2, 0.25) is 5.91 Å². The van der Waals surface area contributed by atoms with Crippen molar-refractivity contribution in [1.29, 1.82) is 0 Å². The molecule has 1 N–H and O–H groups in total. The Morgan fingerprint density at radius 2 is 1.93 bits per heavy atom. The molecule has 2 aromatic carbocycles. The SMILES string of the molecule is CCOc1ccc(/C=C/C(=O)NCc2ccc(Cn3ccnc3)cc2)cc1OC. The molecule has 1 aromatic heterocycles. The van der Waals surface area contributed by atoms with E-state index >= 15 is 0 Å². The van der Waals surface area contributed by atoms with Crippen molar-refractivity contribution in [2.75, 3.05) is 13.7 Å². The zero-order valence-electron chi connectivity index (χ0n) is 16.7. The predicted octanol–water partition coefficient (Wildman–Crippen LogP) is 3.67. The third-order valence-electron chi connectivity index (χ3n) is 4.33. The maximum atomic E-state index is 12.1. The number of carbonyl (C=O) groups excluding carboxylic acids is 1. The van der Waals surface area contributed by atoms with Gasteiger partial charge in [0.25, 0.3) is 0 Å². The molecule has 0 unspecified atom stereocenters. The number of carbonyl (C=O) groups is 1. The molecule has 6 nitrogen and oxygen atoms in total. The Morgan fingerprint density at radius 3 is 2.62 bits per heavy atom. The minimum absolute atomic E-state index is 0.152. The number of amides is 1. The molecule has 6 heteroatoms. The van der Waals surface area contributed by atoms with E-state index in [9.17, 15) is 4.79 Å². The van der Waals surface area contributed by atoms with Crippen LogP contribution in [0.5, 0.6) is 11.5 Å². The zero-order chi connectivity index (χ0) is 20.5. The maximum Gasteiger partial charge on any atom is 0.244 e. The molecule has 0 aliphatic rings. The fourth-order valence-electron chi connectivity index (χ4n) is 2.84. The van der Waals surface area contributed by atoms with Crippen molar-refractivity contribution >= 4 is 12.0 Å². The summed E-state index contributed by atoms with van der Waals surface area (Å²) >= 11 is 0. The van der Waals surface area contributed by atoms with Gasteiger partial charge in [0.05, 0.1) is 20.0 Å². The third-order valence-corrected chi connectivity index (χ3v) is 4.33. The molecule has 0 radical (unpaired) electrons. The normalized spacial score (nSPS) is 10.8. The summed E-state index contributed by atoms with van der Waals surface area (Å²) in [7, 11) is 1.60. The van der Waals surface area contributed by atoms with Gasteiger partial charge >= 0.3 is 0 Å². The molecular weight excluding hydrogens is 366 g/mol. The van der Waals surface area contributed by atoms with Crippen molar-refractivity contribution in [3.8, 4) is 11.5 Å². The fraction of sp³-hybridized carbons (Fsp3) is 0.217. The molecule has 0 spiro atoms. The molecule has 0 saturated heterocycles. The van der Waals surface area contributed by atoms with E-state index in [1.165, 1.54) is 11.6 Å². The number of benzene rings is 2.